The van der Waals surface area contributed by atoms with Crippen molar-refractivity contribution in [3.8, 4) is 22.3 Å². The quantitative estimate of drug-likeness (QED) is 0.224. The van der Waals surface area contributed by atoms with Gasteiger partial charge in [-0.25, -0.2) is 0 Å². The van der Waals surface area contributed by atoms with E-state index >= 15 is 0 Å². The van der Waals surface area contributed by atoms with Crippen molar-refractivity contribution in [2.45, 2.75) is 33.1 Å². The zero-order chi connectivity index (χ0) is 27.7. The van der Waals surface area contributed by atoms with Crippen LogP contribution >= 0.6 is 0 Å². The molecule has 0 atom stereocenters. The molecule has 0 spiro atoms. The van der Waals surface area contributed by atoms with Gasteiger partial charge in [-0.3, -0.25) is 0 Å². The summed E-state index contributed by atoms with van der Waals surface area (Å²) in [6, 6.07) is 46.0. The standard InChI is InChI=1S/C39H35N/c1-5-35-36-26-25-34(27-38(36)39(3,4)37(35)6-2)40(32-21-17-30(18-22-32)28-13-9-7-10-14-28)33-23-19-31(20-24-33)29-15-11-8-12-16-29/h5-27H,1-4H3/b35-5-,37-6+. The van der Waals surface area contributed by atoms with Crippen LogP contribution in [0.2, 0.25) is 0 Å². The molecule has 0 fully saturated rings. The largest absolute Gasteiger partial charge is 0.310 e. The number of fused-ring (bicyclic) bond motifs is 1. The Labute approximate surface area is 238 Å². The molecule has 0 amide bonds. The number of allylic oxidation sites excluding steroid dienone is 4. The van der Waals surface area contributed by atoms with E-state index in [1.165, 1.54) is 50.2 Å². The minimum atomic E-state index is -0.0536. The Balaban J connectivity index is 1.47. The summed E-state index contributed by atoms with van der Waals surface area (Å²) in [5.41, 5.74) is 13.7. The third-order valence-electron chi connectivity index (χ3n) is 8.23. The van der Waals surface area contributed by atoms with Gasteiger partial charge < -0.3 is 4.90 Å². The van der Waals surface area contributed by atoms with Crippen molar-refractivity contribution in [3.05, 3.63) is 156 Å². The molecule has 0 saturated heterocycles. The van der Waals surface area contributed by atoms with Crippen molar-refractivity contribution >= 4 is 22.6 Å². The molecule has 5 aromatic carbocycles. The van der Waals surface area contributed by atoms with Gasteiger partial charge in [0.2, 0.25) is 0 Å². The lowest BCUT2D eigenvalue weighted by Gasteiger charge is -2.28. The Morgan fingerprint density at radius 3 is 1.40 bits per heavy atom. The number of hydrogen-bond donors (Lipinski definition) is 0. The fourth-order valence-corrected chi connectivity index (χ4v) is 6.19. The van der Waals surface area contributed by atoms with Gasteiger partial charge in [0, 0.05) is 22.5 Å². The van der Waals surface area contributed by atoms with Gasteiger partial charge in [0.05, 0.1) is 0 Å². The second kappa shape index (κ2) is 10.5. The van der Waals surface area contributed by atoms with Crippen LogP contribution in [0.4, 0.5) is 17.1 Å². The van der Waals surface area contributed by atoms with Gasteiger partial charge >= 0.3 is 0 Å². The highest BCUT2D eigenvalue weighted by molar-refractivity contribution is 5.91. The topological polar surface area (TPSA) is 3.24 Å². The van der Waals surface area contributed by atoms with E-state index in [0.717, 1.165) is 11.4 Å². The lowest BCUT2D eigenvalue weighted by atomic mass is 9.82. The van der Waals surface area contributed by atoms with E-state index in [1.54, 1.807) is 0 Å². The lowest BCUT2D eigenvalue weighted by Crippen LogP contribution is -2.16. The van der Waals surface area contributed by atoms with Gasteiger partial charge in [0.25, 0.3) is 0 Å². The van der Waals surface area contributed by atoms with Crippen molar-refractivity contribution in [1.29, 1.82) is 0 Å². The summed E-state index contributed by atoms with van der Waals surface area (Å²) in [4.78, 5) is 2.38. The molecule has 0 heterocycles. The molecule has 0 bridgehead atoms. The van der Waals surface area contributed by atoms with Crippen molar-refractivity contribution < 1.29 is 0 Å². The van der Waals surface area contributed by atoms with Crippen LogP contribution in [0.15, 0.2) is 145 Å². The Bertz CT molecular complexity index is 1600. The molecular weight excluding hydrogens is 482 g/mol. The van der Waals surface area contributed by atoms with E-state index in [9.17, 15) is 0 Å². The first-order valence-corrected chi connectivity index (χ1v) is 14.1. The van der Waals surface area contributed by atoms with Crippen LogP contribution in [0.1, 0.15) is 38.8 Å². The number of rotatable bonds is 5. The molecule has 40 heavy (non-hydrogen) atoms. The Kier molecular flexibility index (Phi) is 6.74. The van der Waals surface area contributed by atoms with Crippen molar-refractivity contribution in [2.24, 2.45) is 0 Å². The second-order valence-corrected chi connectivity index (χ2v) is 10.9. The molecule has 0 aliphatic heterocycles. The van der Waals surface area contributed by atoms with E-state index in [-0.39, 0.29) is 5.41 Å². The fourth-order valence-electron chi connectivity index (χ4n) is 6.19. The van der Waals surface area contributed by atoms with E-state index < -0.39 is 0 Å². The predicted molar refractivity (Wildman–Crippen MR) is 172 cm³/mol. The van der Waals surface area contributed by atoms with Gasteiger partial charge in [-0.05, 0) is 94.8 Å². The fraction of sp³-hybridized carbons (Fsp3) is 0.128. The van der Waals surface area contributed by atoms with E-state index in [4.69, 9.17) is 0 Å². The van der Waals surface area contributed by atoms with Crippen LogP contribution in [0.25, 0.3) is 27.8 Å². The molecule has 0 aromatic heterocycles. The zero-order valence-corrected chi connectivity index (χ0v) is 23.7. The van der Waals surface area contributed by atoms with E-state index in [0.29, 0.717) is 0 Å². The molecule has 1 aliphatic rings. The molecule has 0 N–H and O–H groups in total. The second-order valence-electron chi connectivity index (χ2n) is 10.9. The Hall–Kier alpha value is -4.62. The summed E-state index contributed by atoms with van der Waals surface area (Å²) in [6.45, 7) is 8.99. The van der Waals surface area contributed by atoms with Gasteiger partial charge in [0.1, 0.15) is 0 Å². The molecule has 0 saturated carbocycles. The van der Waals surface area contributed by atoms with E-state index in [1.807, 2.05) is 0 Å². The molecule has 0 radical (unpaired) electrons. The molecule has 6 rings (SSSR count). The zero-order valence-electron chi connectivity index (χ0n) is 23.7. The molecule has 0 unspecified atom stereocenters. The van der Waals surface area contributed by atoms with E-state index in [2.05, 4.69) is 172 Å². The highest BCUT2D eigenvalue weighted by atomic mass is 15.1. The van der Waals surface area contributed by atoms with Crippen LogP contribution in [-0.2, 0) is 5.41 Å². The number of anilines is 3. The summed E-state index contributed by atoms with van der Waals surface area (Å²) < 4.78 is 0. The molecule has 1 heteroatoms. The molecule has 1 aliphatic carbocycles. The monoisotopic (exact) mass is 517 g/mol. The van der Waals surface area contributed by atoms with Crippen LogP contribution in [-0.4, -0.2) is 0 Å². The molecule has 1 nitrogen and oxygen atoms in total. The van der Waals surface area contributed by atoms with Gasteiger partial charge in [-0.15, -0.1) is 0 Å². The maximum absolute atomic E-state index is 2.39. The van der Waals surface area contributed by atoms with Crippen LogP contribution in [0, 0.1) is 0 Å². The van der Waals surface area contributed by atoms with Gasteiger partial charge in [-0.1, -0.05) is 117 Å². The first kappa shape index (κ1) is 25.6. The first-order valence-electron chi connectivity index (χ1n) is 14.1. The molecule has 5 aromatic rings. The summed E-state index contributed by atoms with van der Waals surface area (Å²) in [5.74, 6) is 0. The Morgan fingerprint density at radius 1 is 0.500 bits per heavy atom. The normalized spacial score (nSPS) is 15.8. The molecule has 196 valence electrons. The molecular formula is C39H35N. The summed E-state index contributed by atoms with van der Waals surface area (Å²) >= 11 is 0. The smallest absolute Gasteiger partial charge is 0.0465 e. The van der Waals surface area contributed by atoms with Crippen LogP contribution < -0.4 is 4.90 Å². The van der Waals surface area contributed by atoms with Crippen molar-refractivity contribution in [2.75, 3.05) is 4.90 Å². The average Bonchev–Trinajstić information content (AvgIpc) is 3.23. The lowest BCUT2D eigenvalue weighted by molar-refractivity contribution is 0.659. The van der Waals surface area contributed by atoms with Crippen molar-refractivity contribution in [3.63, 3.8) is 0 Å². The minimum absolute atomic E-state index is 0.0536. The number of hydrogen-bond acceptors (Lipinski definition) is 1. The highest BCUT2D eigenvalue weighted by Crippen LogP contribution is 2.51. The summed E-state index contributed by atoms with van der Waals surface area (Å²) in [5, 5.41) is 0. The number of benzene rings is 5. The maximum Gasteiger partial charge on any atom is 0.0465 e. The van der Waals surface area contributed by atoms with Gasteiger partial charge in [-0.2, -0.15) is 0 Å². The highest BCUT2D eigenvalue weighted by Gasteiger charge is 2.37. The van der Waals surface area contributed by atoms with Gasteiger partial charge in [0.15, 0.2) is 0 Å². The SMILES string of the molecule is C/C=C1\C(=C/C)c2ccc(N(c3ccc(-c4ccccc4)cc3)c3ccc(-c4ccccc4)cc3)cc2C1(C)C. The third-order valence-corrected chi connectivity index (χ3v) is 8.23. The third kappa shape index (κ3) is 4.48. The number of nitrogens with zero attached hydrogens (tertiary/aromatic N) is 1. The Morgan fingerprint density at radius 2 is 0.950 bits per heavy atom. The first-order chi connectivity index (χ1) is 19.5. The summed E-state index contributed by atoms with van der Waals surface area (Å²) in [6.07, 6.45) is 4.53. The average molecular weight is 518 g/mol. The van der Waals surface area contributed by atoms with Crippen molar-refractivity contribution in [1.82, 2.24) is 0 Å². The van der Waals surface area contributed by atoms with Crippen LogP contribution in [0.3, 0.4) is 0 Å². The predicted octanol–water partition coefficient (Wildman–Crippen LogP) is 11.1. The maximum atomic E-state index is 2.39. The minimum Gasteiger partial charge on any atom is -0.310 e. The summed E-state index contributed by atoms with van der Waals surface area (Å²) in [7, 11) is 0. The van der Waals surface area contributed by atoms with Crippen LogP contribution in [0.5, 0.6) is 0 Å².